The van der Waals surface area contributed by atoms with Gasteiger partial charge in [-0.3, -0.25) is 9.52 Å². The van der Waals surface area contributed by atoms with E-state index < -0.39 is 44.1 Å². The van der Waals surface area contributed by atoms with Crippen molar-refractivity contribution in [3.63, 3.8) is 0 Å². The van der Waals surface area contributed by atoms with Crippen molar-refractivity contribution in [1.82, 2.24) is 0 Å². The van der Waals surface area contributed by atoms with Crippen LogP contribution in [0.5, 0.6) is 5.75 Å². The molecule has 0 amide bonds. The summed E-state index contributed by atoms with van der Waals surface area (Å²) in [6.07, 6.45) is -5.21. The fraction of sp³-hybridized carbons (Fsp3) is 0.188. The lowest BCUT2D eigenvalue weighted by Crippen LogP contribution is -2.16. The number of benzene rings is 2. The van der Waals surface area contributed by atoms with Crippen LogP contribution in [0, 0.1) is 0 Å². The van der Waals surface area contributed by atoms with Crippen LogP contribution in [0.3, 0.4) is 0 Å². The van der Waals surface area contributed by atoms with Crippen molar-refractivity contribution in [2.75, 3.05) is 11.8 Å². The molecule has 0 atom stereocenters. The molecule has 6 nitrogen and oxygen atoms in total. The van der Waals surface area contributed by atoms with Gasteiger partial charge in [0.15, 0.2) is 0 Å². The number of hydrogen-bond donors (Lipinski definition) is 2. The number of carbonyl (C=O) groups is 1. The SMILES string of the molecule is COc1ccc(CC(=O)O)cc1S(=O)(=O)Nc1ccc(Cl)c(C(F)(F)F)c1. The van der Waals surface area contributed by atoms with Gasteiger partial charge in [-0.25, -0.2) is 8.42 Å². The molecule has 0 aliphatic carbocycles. The Morgan fingerprint density at radius 3 is 2.44 bits per heavy atom. The van der Waals surface area contributed by atoms with Gasteiger partial charge in [-0.2, -0.15) is 13.2 Å². The Morgan fingerprint density at radius 1 is 1.22 bits per heavy atom. The Bertz CT molecular complexity index is 977. The normalized spacial score (nSPS) is 11.9. The Hall–Kier alpha value is -2.46. The summed E-state index contributed by atoms with van der Waals surface area (Å²) in [6.45, 7) is 0. The third kappa shape index (κ3) is 5.04. The van der Waals surface area contributed by atoms with Crippen molar-refractivity contribution in [2.45, 2.75) is 17.5 Å². The first kappa shape index (κ1) is 20.8. The molecule has 0 radical (unpaired) electrons. The van der Waals surface area contributed by atoms with Crippen LogP contribution in [0.1, 0.15) is 11.1 Å². The minimum absolute atomic E-state index is 0.0957. The van der Waals surface area contributed by atoms with Crippen LogP contribution in [-0.2, 0) is 27.4 Å². The Labute approximate surface area is 157 Å². The number of anilines is 1. The highest BCUT2D eigenvalue weighted by molar-refractivity contribution is 7.92. The average molecular weight is 424 g/mol. The summed E-state index contributed by atoms with van der Waals surface area (Å²) in [4.78, 5) is 10.4. The van der Waals surface area contributed by atoms with Crippen LogP contribution in [0.2, 0.25) is 5.02 Å². The van der Waals surface area contributed by atoms with Gasteiger partial charge in [0.25, 0.3) is 10.0 Å². The Morgan fingerprint density at radius 2 is 1.89 bits per heavy atom. The number of carboxylic acid groups (broad SMARTS) is 1. The molecule has 0 fully saturated rings. The minimum atomic E-state index is -4.77. The summed E-state index contributed by atoms with van der Waals surface area (Å²) in [5, 5.41) is 8.26. The van der Waals surface area contributed by atoms with Gasteiger partial charge in [0.2, 0.25) is 0 Å². The maximum Gasteiger partial charge on any atom is 0.417 e. The third-order valence-corrected chi connectivity index (χ3v) is 5.13. The molecule has 2 rings (SSSR count). The molecule has 146 valence electrons. The van der Waals surface area contributed by atoms with Crippen LogP contribution in [0.4, 0.5) is 18.9 Å². The summed E-state index contributed by atoms with van der Waals surface area (Å²) >= 11 is 5.51. The van der Waals surface area contributed by atoms with Gasteiger partial charge in [0.1, 0.15) is 10.6 Å². The summed E-state index contributed by atoms with van der Waals surface area (Å²) < 4.78 is 71.0. The van der Waals surface area contributed by atoms with Gasteiger partial charge in [-0.1, -0.05) is 17.7 Å². The monoisotopic (exact) mass is 423 g/mol. The Kier molecular flexibility index (Phi) is 5.91. The van der Waals surface area contributed by atoms with Crippen molar-refractivity contribution in [3.05, 3.63) is 52.5 Å². The zero-order valence-electron chi connectivity index (χ0n) is 13.7. The molecule has 0 bridgehead atoms. The zero-order chi connectivity index (χ0) is 20.4. The molecule has 0 heterocycles. The van der Waals surface area contributed by atoms with E-state index >= 15 is 0 Å². The second-order valence-electron chi connectivity index (χ2n) is 5.35. The predicted octanol–water partition coefficient (Wildman–Crippen LogP) is 3.80. The van der Waals surface area contributed by atoms with E-state index in [-0.39, 0.29) is 17.0 Å². The molecule has 0 aliphatic rings. The van der Waals surface area contributed by atoms with Crippen molar-refractivity contribution in [2.24, 2.45) is 0 Å². The van der Waals surface area contributed by atoms with Gasteiger partial charge in [-0.05, 0) is 35.9 Å². The first-order valence-electron chi connectivity index (χ1n) is 7.22. The van der Waals surface area contributed by atoms with Crippen molar-refractivity contribution in [3.8, 4) is 5.75 Å². The highest BCUT2D eigenvalue weighted by Crippen LogP contribution is 2.37. The third-order valence-electron chi connectivity index (χ3n) is 3.40. The summed E-state index contributed by atoms with van der Waals surface area (Å²) in [7, 11) is -3.16. The number of halogens is 4. The standard InChI is InChI=1S/C16H13ClF3NO5S/c1-26-13-5-2-9(7-15(22)23)6-14(13)27(24,25)21-10-3-4-12(17)11(8-10)16(18,19)20/h2-6,8,21H,7H2,1H3,(H,22,23). The molecule has 0 aromatic heterocycles. The van der Waals surface area contributed by atoms with Gasteiger partial charge >= 0.3 is 12.1 Å². The smallest absolute Gasteiger partial charge is 0.417 e. The number of nitrogens with one attached hydrogen (secondary N) is 1. The molecule has 0 aliphatic heterocycles. The number of rotatable bonds is 6. The molecule has 0 spiro atoms. The fourth-order valence-electron chi connectivity index (χ4n) is 2.23. The number of carboxylic acids is 1. The predicted molar refractivity (Wildman–Crippen MR) is 91.6 cm³/mol. The van der Waals surface area contributed by atoms with Gasteiger partial charge in [0, 0.05) is 5.69 Å². The topological polar surface area (TPSA) is 92.7 Å². The quantitative estimate of drug-likeness (QED) is 0.737. The van der Waals surface area contributed by atoms with E-state index in [1.807, 2.05) is 4.72 Å². The lowest BCUT2D eigenvalue weighted by atomic mass is 10.1. The van der Waals surface area contributed by atoms with Crippen LogP contribution >= 0.6 is 11.6 Å². The average Bonchev–Trinajstić information content (AvgIpc) is 2.55. The molecule has 2 aromatic carbocycles. The first-order chi connectivity index (χ1) is 12.4. The lowest BCUT2D eigenvalue weighted by Gasteiger charge is -2.15. The van der Waals surface area contributed by atoms with E-state index in [0.29, 0.717) is 6.07 Å². The van der Waals surface area contributed by atoms with Crippen molar-refractivity contribution in [1.29, 1.82) is 0 Å². The largest absolute Gasteiger partial charge is 0.495 e. The van der Waals surface area contributed by atoms with Crippen LogP contribution in [0.25, 0.3) is 0 Å². The van der Waals surface area contributed by atoms with Crippen LogP contribution < -0.4 is 9.46 Å². The molecule has 0 saturated heterocycles. The maximum atomic E-state index is 12.9. The minimum Gasteiger partial charge on any atom is -0.495 e. The number of aliphatic carboxylic acids is 1. The number of hydrogen-bond acceptors (Lipinski definition) is 4. The second-order valence-corrected chi connectivity index (χ2v) is 7.41. The number of alkyl halides is 3. The first-order valence-corrected chi connectivity index (χ1v) is 9.08. The summed E-state index contributed by atoms with van der Waals surface area (Å²) in [6, 6.07) is 6.26. The molecule has 2 N–H and O–H groups in total. The highest BCUT2D eigenvalue weighted by atomic mass is 35.5. The molecular weight excluding hydrogens is 411 g/mol. The fourth-order valence-corrected chi connectivity index (χ4v) is 3.73. The number of methoxy groups -OCH3 is 1. The van der Waals surface area contributed by atoms with E-state index in [0.717, 1.165) is 18.2 Å². The van der Waals surface area contributed by atoms with Gasteiger partial charge < -0.3 is 9.84 Å². The highest BCUT2D eigenvalue weighted by Gasteiger charge is 2.34. The lowest BCUT2D eigenvalue weighted by molar-refractivity contribution is -0.137. The number of sulfonamides is 1. The molecule has 0 saturated carbocycles. The second kappa shape index (κ2) is 7.65. The van der Waals surface area contributed by atoms with E-state index in [1.165, 1.54) is 19.2 Å². The van der Waals surface area contributed by atoms with Crippen molar-refractivity contribution < 1.29 is 36.2 Å². The molecule has 27 heavy (non-hydrogen) atoms. The summed E-state index contributed by atoms with van der Waals surface area (Å²) in [5.74, 6) is -1.27. The zero-order valence-corrected chi connectivity index (χ0v) is 15.2. The summed E-state index contributed by atoms with van der Waals surface area (Å²) in [5.41, 5.74) is -1.39. The molecular formula is C16H13ClF3NO5S. The van der Waals surface area contributed by atoms with Crippen LogP contribution in [0.15, 0.2) is 41.3 Å². The maximum absolute atomic E-state index is 12.9. The van der Waals surface area contributed by atoms with Crippen molar-refractivity contribution >= 4 is 33.3 Å². The Balaban J connectivity index is 2.46. The van der Waals surface area contributed by atoms with E-state index in [4.69, 9.17) is 21.4 Å². The van der Waals surface area contributed by atoms with E-state index in [2.05, 4.69) is 0 Å². The molecule has 2 aromatic rings. The van der Waals surface area contributed by atoms with Gasteiger partial charge in [-0.15, -0.1) is 0 Å². The number of ether oxygens (including phenoxy) is 1. The molecule has 11 heteroatoms. The van der Waals surface area contributed by atoms with Crippen LogP contribution in [-0.4, -0.2) is 26.6 Å². The molecule has 0 unspecified atom stereocenters. The van der Waals surface area contributed by atoms with E-state index in [9.17, 15) is 26.4 Å². The van der Waals surface area contributed by atoms with Gasteiger partial charge in [0.05, 0.1) is 24.1 Å². The van der Waals surface area contributed by atoms with E-state index in [1.54, 1.807) is 0 Å².